The Bertz CT molecular complexity index is 224. The largest absolute Gasteiger partial charge is 0.397 e. The van der Waals surface area contributed by atoms with Gasteiger partial charge in [0.05, 0.1) is 0 Å². The summed E-state index contributed by atoms with van der Waals surface area (Å²) < 4.78 is 50.5. The SMILES string of the molecule is CNC1C=C[C@@H](C(F)(F)F)[C@@H](F)CCC1. The second kappa shape index (κ2) is 4.96. The minimum atomic E-state index is -4.48. The van der Waals surface area contributed by atoms with E-state index in [1.807, 2.05) is 0 Å². The van der Waals surface area contributed by atoms with E-state index in [0.29, 0.717) is 12.8 Å². The van der Waals surface area contributed by atoms with E-state index in [-0.39, 0.29) is 12.5 Å². The summed E-state index contributed by atoms with van der Waals surface area (Å²) in [6, 6.07) is -0.0812. The molecule has 0 bridgehead atoms. The summed E-state index contributed by atoms with van der Waals surface area (Å²) in [7, 11) is 1.69. The molecule has 1 rings (SSSR count). The number of hydrogen-bond acceptors (Lipinski definition) is 1. The minimum absolute atomic E-state index is 0.0211. The van der Waals surface area contributed by atoms with Gasteiger partial charge in [0.1, 0.15) is 12.1 Å². The van der Waals surface area contributed by atoms with Crippen molar-refractivity contribution in [3.63, 3.8) is 0 Å². The van der Waals surface area contributed by atoms with Gasteiger partial charge in [-0.05, 0) is 26.3 Å². The highest BCUT2D eigenvalue weighted by Crippen LogP contribution is 2.34. The van der Waals surface area contributed by atoms with Gasteiger partial charge in [-0.3, -0.25) is 0 Å². The topological polar surface area (TPSA) is 12.0 Å². The molecule has 0 radical (unpaired) electrons. The summed E-state index contributed by atoms with van der Waals surface area (Å²) >= 11 is 0. The maximum atomic E-state index is 13.2. The second-order valence-electron chi connectivity index (χ2n) is 3.79. The summed E-state index contributed by atoms with van der Waals surface area (Å²) in [6.07, 6.45) is -2.78. The summed E-state index contributed by atoms with van der Waals surface area (Å²) in [6.45, 7) is 0. The quantitative estimate of drug-likeness (QED) is 0.534. The van der Waals surface area contributed by atoms with E-state index in [9.17, 15) is 17.6 Å². The van der Waals surface area contributed by atoms with Crippen LogP contribution in [0.4, 0.5) is 17.6 Å². The number of allylic oxidation sites excluding steroid dienone is 1. The average Bonchev–Trinajstić information content (AvgIpc) is 2.09. The zero-order chi connectivity index (χ0) is 11.5. The van der Waals surface area contributed by atoms with Crippen molar-refractivity contribution >= 4 is 0 Å². The van der Waals surface area contributed by atoms with Crippen LogP contribution in [0, 0.1) is 5.92 Å². The van der Waals surface area contributed by atoms with Crippen molar-refractivity contribution in [3.05, 3.63) is 12.2 Å². The highest BCUT2D eigenvalue weighted by Gasteiger charge is 2.43. The number of likely N-dealkylation sites (N-methyl/N-ethyl adjacent to an activating group) is 1. The maximum absolute atomic E-state index is 13.2. The summed E-state index contributed by atoms with van der Waals surface area (Å²) in [5.74, 6) is -1.95. The molecule has 0 aromatic carbocycles. The third-order valence-corrected chi connectivity index (χ3v) is 2.68. The van der Waals surface area contributed by atoms with Gasteiger partial charge >= 0.3 is 6.18 Å². The molecule has 0 amide bonds. The first-order valence-corrected chi connectivity index (χ1v) is 5.01. The lowest BCUT2D eigenvalue weighted by Gasteiger charge is -2.24. The van der Waals surface area contributed by atoms with Crippen LogP contribution in [0.5, 0.6) is 0 Å². The lowest BCUT2D eigenvalue weighted by molar-refractivity contribution is -0.176. The fourth-order valence-electron chi connectivity index (χ4n) is 1.74. The van der Waals surface area contributed by atoms with Crippen LogP contribution in [0.15, 0.2) is 12.2 Å². The molecule has 0 heterocycles. The normalized spacial score (nSPS) is 33.5. The number of rotatable bonds is 1. The molecule has 0 aromatic rings. The molecule has 3 atom stereocenters. The lowest BCUT2D eigenvalue weighted by atomic mass is 9.92. The van der Waals surface area contributed by atoms with Crippen molar-refractivity contribution in [2.24, 2.45) is 5.92 Å². The predicted molar refractivity (Wildman–Crippen MR) is 50.3 cm³/mol. The smallest absolute Gasteiger partial charge is 0.314 e. The Morgan fingerprint density at radius 2 is 1.87 bits per heavy atom. The molecule has 5 heteroatoms. The molecule has 0 saturated heterocycles. The van der Waals surface area contributed by atoms with Crippen LogP contribution in [0.3, 0.4) is 0 Å². The molecule has 1 unspecified atom stereocenters. The van der Waals surface area contributed by atoms with E-state index in [1.165, 1.54) is 6.08 Å². The molecule has 88 valence electrons. The van der Waals surface area contributed by atoms with Gasteiger partial charge in [-0.1, -0.05) is 12.2 Å². The van der Waals surface area contributed by atoms with E-state index in [0.717, 1.165) is 6.08 Å². The van der Waals surface area contributed by atoms with Gasteiger partial charge in [0.15, 0.2) is 0 Å². The molecule has 1 aliphatic carbocycles. The zero-order valence-corrected chi connectivity index (χ0v) is 8.52. The Hall–Kier alpha value is -0.580. The molecule has 0 fully saturated rings. The summed E-state index contributed by atoms with van der Waals surface area (Å²) in [4.78, 5) is 0. The fraction of sp³-hybridized carbons (Fsp3) is 0.800. The average molecular weight is 225 g/mol. The van der Waals surface area contributed by atoms with Crippen LogP contribution in [0.1, 0.15) is 19.3 Å². The molecule has 0 spiro atoms. The van der Waals surface area contributed by atoms with Crippen LogP contribution < -0.4 is 5.32 Å². The number of hydrogen-bond donors (Lipinski definition) is 1. The standard InChI is InChI=1S/C10H15F4N/c1-15-7-3-2-4-9(11)8(6-5-7)10(12,13)14/h5-9,15H,2-4H2,1H3/t7?,8-,9+/m1/s1. The molecule has 15 heavy (non-hydrogen) atoms. The Morgan fingerprint density at radius 1 is 1.20 bits per heavy atom. The van der Waals surface area contributed by atoms with Crippen LogP contribution in [0.2, 0.25) is 0 Å². The predicted octanol–water partition coefficient (Wildman–Crippen LogP) is 2.83. The molecule has 0 saturated carbocycles. The molecule has 1 N–H and O–H groups in total. The van der Waals surface area contributed by atoms with Gasteiger partial charge in [0, 0.05) is 6.04 Å². The third-order valence-electron chi connectivity index (χ3n) is 2.68. The van der Waals surface area contributed by atoms with Crippen LogP contribution >= 0.6 is 0 Å². The number of halogens is 4. The molecular formula is C10H15F4N. The third kappa shape index (κ3) is 3.48. The van der Waals surface area contributed by atoms with Crippen molar-refractivity contribution < 1.29 is 17.6 Å². The Kier molecular flexibility index (Phi) is 4.13. The Balaban J connectivity index is 2.78. The van der Waals surface area contributed by atoms with E-state index >= 15 is 0 Å². The van der Waals surface area contributed by atoms with Gasteiger partial charge in [-0.15, -0.1) is 0 Å². The molecule has 1 aliphatic rings. The first-order chi connectivity index (χ1) is 6.95. The first-order valence-electron chi connectivity index (χ1n) is 5.01. The Labute approximate surface area is 86.5 Å². The van der Waals surface area contributed by atoms with E-state index in [4.69, 9.17) is 0 Å². The highest BCUT2D eigenvalue weighted by atomic mass is 19.4. The van der Waals surface area contributed by atoms with Gasteiger partial charge in [0.25, 0.3) is 0 Å². The molecular weight excluding hydrogens is 210 g/mol. The van der Waals surface area contributed by atoms with Crippen LogP contribution in [0.25, 0.3) is 0 Å². The Morgan fingerprint density at radius 3 is 2.40 bits per heavy atom. The van der Waals surface area contributed by atoms with Crippen molar-refractivity contribution in [1.82, 2.24) is 5.32 Å². The van der Waals surface area contributed by atoms with Crippen molar-refractivity contribution in [2.75, 3.05) is 7.05 Å². The van der Waals surface area contributed by atoms with Crippen molar-refractivity contribution in [1.29, 1.82) is 0 Å². The fourth-order valence-corrected chi connectivity index (χ4v) is 1.74. The first kappa shape index (κ1) is 12.5. The minimum Gasteiger partial charge on any atom is -0.314 e. The molecule has 0 aromatic heterocycles. The van der Waals surface area contributed by atoms with Gasteiger partial charge < -0.3 is 5.32 Å². The van der Waals surface area contributed by atoms with Crippen LogP contribution in [-0.4, -0.2) is 25.4 Å². The molecule has 0 aliphatic heterocycles. The maximum Gasteiger partial charge on any atom is 0.397 e. The number of alkyl halides is 4. The van der Waals surface area contributed by atoms with Gasteiger partial charge in [-0.25, -0.2) is 4.39 Å². The van der Waals surface area contributed by atoms with Crippen molar-refractivity contribution in [2.45, 2.75) is 37.7 Å². The number of nitrogens with one attached hydrogen (secondary N) is 1. The van der Waals surface area contributed by atoms with Crippen LogP contribution in [-0.2, 0) is 0 Å². The monoisotopic (exact) mass is 225 g/mol. The van der Waals surface area contributed by atoms with Gasteiger partial charge in [-0.2, -0.15) is 13.2 Å². The highest BCUT2D eigenvalue weighted by molar-refractivity contribution is 5.02. The van der Waals surface area contributed by atoms with Crippen molar-refractivity contribution in [3.8, 4) is 0 Å². The summed E-state index contributed by atoms with van der Waals surface area (Å²) in [5, 5.41) is 2.88. The lowest BCUT2D eigenvalue weighted by Crippen LogP contribution is -2.33. The van der Waals surface area contributed by atoms with E-state index in [2.05, 4.69) is 5.32 Å². The second-order valence-corrected chi connectivity index (χ2v) is 3.79. The van der Waals surface area contributed by atoms with E-state index in [1.54, 1.807) is 7.05 Å². The van der Waals surface area contributed by atoms with E-state index < -0.39 is 18.3 Å². The zero-order valence-electron chi connectivity index (χ0n) is 8.52. The van der Waals surface area contributed by atoms with Gasteiger partial charge in [0.2, 0.25) is 0 Å². The molecule has 1 nitrogen and oxygen atoms in total. The summed E-state index contributed by atoms with van der Waals surface area (Å²) in [5.41, 5.74) is 0.